The van der Waals surface area contributed by atoms with E-state index in [-0.39, 0.29) is 0 Å². The van der Waals surface area contributed by atoms with Gasteiger partial charge >= 0.3 is 0 Å². The molecule has 0 saturated heterocycles. The van der Waals surface area contributed by atoms with Gasteiger partial charge in [-0.3, -0.25) is 4.98 Å². The van der Waals surface area contributed by atoms with Crippen LogP contribution in [0.15, 0.2) is 12.1 Å². The molecule has 1 rings (SSSR count). The zero-order valence-corrected chi connectivity index (χ0v) is 11.5. The van der Waals surface area contributed by atoms with E-state index in [0.29, 0.717) is 17.8 Å². The fourth-order valence-electron chi connectivity index (χ4n) is 1.82. The van der Waals surface area contributed by atoms with Gasteiger partial charge in [0.15, 0.2) is 0 Å². The Morgan fingerprint density at radius 3 is 1.62 bits per heavy atom. The predicted octanol–water partition coefficient (Wildman–Crippen LogP) is 4.53. The molecular formula is C15H25N. The highest BCUT2D eigenvalue weighted by molar-refractivity contribution is 5.25. The maximum Gasteiger partial charge on any atom is 0.0435 e. The minimum absolute atomic E-state index is 0.518. The van der Waals surface area contributed by atoms with Gasteiger partial charge in [-0.1, -0.05) is 41.5 Å². The van der Waals surface area contributed by atoms with E-state index in [2.05, 4.69) is 53.7 Å². The molecule has 0 aliphatic carbocycles. The third-order valence-electron chi connectivity index (χ3n) is 2.75. The first-order chi connectivity index (χ1) is 7.40. The Morgan fingerprint density at radius 1 is 0.875 bits per heavy atom. The van der Waals surface area contributed by atoms with Crippen molar-refractivity contribution in [2.45, 2.75) is 59.8 Å². The second-order valence-corrected chi connectivity index (χ2v) is 5.73. The Bertz CT molecular complexity index is 311. The van der Waals surface area contributed by atoms with Crippen molar-refractivity contribution in [1.82, 2.24) is 4.98 Å². The lowest BCUT2D eigenvalue weighted by Gasteiger charge is -2.14. The van der Waals surface area contributed by atoms with Gasteiger partial charge in [0.05, 0.1) is 0 Å². The van der Waals surface area contributed by atoms with Gasteiger partial charge in [0, 0.05) is 11.4 Å². The molecule has 0 aliphatic heterocycles. The van der Waals surface area contributed by atoms with Crippen molar-refractivity contribution in [3.8, 4) is 0 Å². The molecule has 0 aliphatic rings. The summed E-state index contributed by atoms with van der Waals surface area (Å²) in [6.07, 6.45) is 1.15. The zero-order chi connectivity index (χ0) is 12.3. The molecule has 1 aromatic rings. The Balaban J connectivity index is 3.08. The summed E-state index contributed by atoms with van der Waals surface area (Å²) in [5.74, 6) is 1.75. The first kappa shape index (κ1) is 13.2. The number of hydrogen-bond acceptors (Lipinski definition) is 1. The lowest BCUT2D eigenvalue weighted by molar-refractivity contribution is 0.641. The highest BCUT2D eigenvalue weighted by atomic mass is 14.7. The molecule has 0 amide bonds. The average Bonchev–Trinajstić information content (AvgIpc) is 2.15. The fourth-order valence-corrected chi connectivity index (χ4v) is 1.82. The van der Waals surface area contributed by atoms with Crippen LogP contribution in [0.5, 0.6) is 0 Å². The molecule has 0 N–H and O–H groups in total. The average molecular weight is 219 g/mol. The predicted molar refractivity (Wildman–Crippen MR) is 71.0 cm³/mol. The Labute approximate surface area is 100 Å². The van der Waals surface area contributed by atoms with E-state index in [4.69, 9.17) is 4.98 Å². The minimum atomic E-state index is 0.518. The normalized spacial score (nSPS) is 11.8. The smallest absolute Gasteiger partial charge is 0.0435 e. The van der Waals surface area contributed by atoms with Crippen LogP contribution in [-0.2, 0) is 6.42 Å². The van der Waals surface area contributed by atoms with Crippen LogP contribution in [-0.4, -0.2) is 4.98 Å². The van der Waals surface area contributed by atoms with Gasteiger partial charge < -0.3 is 0 Å². The van der Waals surface area contributed by atoms with Crippen LogP contribution in [0.1, 0.15) is 70.3 Å². The largest absolute Gasteiger partial charge is 0.257 e. The number of aromatic nitrogens is 1. The van der Waals surface area contributed by atoms with Crippen molar-refractivity contribution in [2.75, 3.05) is 0 Å². The van der Waals surface area contributed by atoms with Gasteiger partial charge in [-0.05, 0) is 41.9 Å². The van der Waals surface area contributed by atoms with Gasteiger partial charge in [0.2, 0.25) is 0 Å². The summed E-state index contributed by atoms with van der Waals surface area (Å²) in [5, 5.41) is 0. The first-order valence-corrected chi connectivity index (χ1v) is 6.41. The highest BCUT2D eigenvalue weighted by Crippen LogP contribution is 2.21. The maximum absolute atomic E-state index is 4.74. The van der Waals surface area contributed by atoms with Crippen LogP contribution < -0.4 is 0 Å². The fraction of sp³-hybridized carbons (Fsp3) is 0.667. The zero-order valence-electron chi connectivity index (χ0n) is 11.5. The third kappa shape index (κ3) is 3.62. The summed E-state index contributed by atoms with van der Waals surface area (Å²) in [5.41, 5.74) is 3.92. The number of nitrogens with zero attached hydrogens (tertiary/aromatic N) is 1. The monoisotopic (exact) mass is 219 g/mol. The van der Waals surface area contributed by atoms with Crippen molar-refractivity contribution in [1.29, 1.82) is 0 Å². The summed E-state index contributed by atoms with van der Waals surface area (Å²) in [6, 6.07) is 4.55. The van der Waals surface area contributed by atoms with Crippen LogP contribution in [0.2, 0.25) is 0 Å². The molecule has 0 aromatic carbocycles. The molecular weight excluding hydrogens is 194 g/mol. The number of hydrogen-bond donors (Lipinski definition) is 0. The molecule has 0 spiro atoms. The molecule has 0 radical (unpaired) electrons. The van der Waals surface area contributed by atoms with Crippen LogP contribution >= 0.6 is 0 Å². The summed E-state index contributed by atoms with van der Waals surface area (Å²) in [6.45, 7) is 13.4. The second kappa shape index (κ2) is 5.47. The lowest BCUT2D eigenvalue weighted by Crippen LogP contribution is -2.04. The quantitative estimate of drug-likeness (QED) is 0.725. The molecule has 0 unspecified atom stereocenters. The molecule has 0 atom stereocenters. The number of rotatable bonds is 4. The van der Waals surface area contributed by atoms with Crippen LogP contribution in [0.4, 0.5) is 0 Å². The standard InChI is InChI=1S/C15H25N/c1-10(2)7-13-8-14(11(3)4)16-15(9-13)12(5)6/h8-12H,7H2,1-6H3. The van der Waals surface area contributed by atoms with Crippen LogP contribution in [0.25, 0.3) is 0 Å². The van der Waals surface area contributed by atoms with E-state index in [1.165, 1.54) is 17.0 Å². The highest BCUT2D eigenvalue weighted by Gasteiger charge is 2.09. The summed E-state index contributed by atoms with van der Waals surface area (Å²) >= 11 is 0. The van der Waals surface area contributed by atoms with Gasteiger partial charge in [0.25, 0.3) is 0 Å². The van der Waals surface area contributed by atoms with Crippen LogP contribution in [0.3, 0.4) is 0 Å². The topological polar surface area (TPSA) is 12.9 Å². The van der Waals surface area contributed by atoms with Crippen molar-refractivity contribution in [3.63, 3.8) is 0 Å². The summed E-state index contributed by atoms with van der Waals surface area (Å²) < 4.78 is 0. The van der Waals surface area contributed by atoms with Crippen molar-refractivity contribution in [2.24, 2.45) is 5.92 Å². The lowest BCUT2D eigenvalue weighted by atomic mass is 9.97. The van der Waals surface area contributed by atoms with Crippen molar-refractivity contribution < 1.29 is 0 Å². The molecule has 1 aromatic heterocycles. The van der Waals surface area contributed by atoms with E-state index in [0.717, 1.165) is 6.42 Å². The summed E-state index contributed by atoms with van der Waals surface area (Å²) in [4.78, 5) is 4.74. The second-order valence-electron chi connectivity index (χ2n) is 5.73. The van der Waals surface area contributed by atoms with E-state index in [1.54, 1.807) is 0 Å². The molecule has 0 saturated carbocycles. The van der Waals surface area contributed by atoms with Gasteiger partial charge in [0.1, 0.15) is 0 Å². The van der Waals surface area contributed by atoms with Crippen LogP contribution in [0, 0.1) is 5.92 Å². The minimum Gasteiger partial charge on any atom is -0.257 e. The molecule has 0 bridgehead atoms. The van der Waals surface area contributed by atoms with Gasteiger partial charge in [-0.15, -0.1) is 0 Å². The Hall–Kier alpha value is -0.850. The molecule has 0 fully saturated rings. The van der Waals surface area contributed by atoms with Crippen molar-refractivity contribution >= 4 is 0 Å². The van der Waals surface area contributed by atoms with E-state index in [9.17, 15) is 0 Å². The molecule has 16 heavy (non-hydrogen) atoms. The van der Waals surface area contributed by atoms with E-state index < -0.39 is 0 Å². The molecule has 1 nitrogen and oxygen atoms in total. The molecule has 1 heteroatoms. The molecule has 90 valence electrons. The maximum atomic E-state index is 4.74. The third-order valence-corrected chi connectivity index (χ3v) is 2.75. The van der Waals surface area contributed by atoms with Gasteiger partial charge in [-0.2, -0.15) is 0 Å². The summed E-state index contributed by atoms with van der Waals surface area (Å²) in [7, 11) is 0. The van der Waals surface area contributed by atoms with Crippen molar-refractivity contribution in [3.05, 3.63) is 29.1 Å². The Kier molecular flexibility index (Phi) is 4.52. The molecule has 1 heterocycles. The number of pyridine rings is 1. The van der Waals surface area contributed by atoms with E-state index >= 15 is 0 Å². The first-order valence-electron chi connectivity index (χ1n) is 6.41. The van der Waals surface area contributed by atoms with Gasteiger partial charge in [-0.25, -0.2) is 0 Å². The SMILES string of the molecule is CC(C)Cc1cc(C(C)C)nc(C(C)C)c1. The van der Waals surface area contributed by atoms with E-state index in [1.807, 2.05) is 0 Å². The Morgan fingerprint density at radius 2 is 1.31 bits per heavy atom.